The molecule has 1 aromatic rings. The average Bonchev–Trinajstić information content (AvgIpc) is 2.95. The largest absolute Gasteiger partial charge is 0.497 e. The third-order valence-corrected chi connectivity index (χ3v) is 4.61. The molecule has 0 aliphatic carbocycles. The summed E-state index contributed by atoms with van der Waals surface area (Å²) in [6.45, 7) is 3.55. The molecule has 1 heterocycles. The summed E-state index contributed by atoms with van der Waals surface area (Å²) in [6.07, 6.45) is 1.11. The zero-order valence-corrected chi connectivity index (χ0v) is 16.3. The lowest BCUT2D eigenvalue weighted by molar-refractivity contribution is -0.135. The maximum Gasteiger partial charge on any atom is 0.325 e. The van der Waals surface area contributed by atoms with Crippen LogP contribution in [0, 0.1) is 0 Å². The number of benzene rings is 1. The molecule has 9 heteroatoms. The molecular formula is C19H26N4O5. The Hall–Kier alpha value is -3.10. The van der Waals surface area contributed by atoms with Crippen LogP contribution in [0.15, 0.2) is 24.3 Å². The van der Waals surface area contributed by atoms with Crippen LogP contribution in [0.4, 0.5) is 4.79 Å². The Labute approximate surface area is 163 Å². The Balaban J connectivity index is 2.06. The van der Waals surface area contributed by atoms with Crippen molar-refractivity contribution in [1.82, 2.24) is 20.9 Å². The van der Waals surface area contributed by atoms with E-state index in [-0.39, 0.29) is 12.5 Å². The Bertz CT molecular complexity index is 749. The van der Waals surface area contributed by atoms with Gasteiger partial charge in [-0.3, -0.25) is 19.3 Å². The van der Waals surface area contributed by atoms with Gasteiger partial charge in [-0.15, -0.1) is 0 Å². The number of nitrogens with one attached hydrogen (secondary N) is 3. The highest BCUT2D eigenvalue weighted by atomic mass is 16.5. The first kappa shape index (κ1) is 21.2. The van der Waals surface area contributed by atoms with Crippen molar-refractivity contribution < 1.29 is 23.9 Å². The molecule has 1 aliphatic heterocycles. The number of hydrogen-bond donors (Lipinski definition) is 3. The van der Waals surface area contributed by atoms with Gasteiger partial charge in [0.15, 0.2) is 0 Å². The molecule has 1 fully saturated rings. The fourth-order valence-corrected chi connectivity index (χ4v) is 2.99. The second-order valence-corrected chi connectivity index (χ2v) is 6.44. The first-order chi connectivity index (χ1) is 13.4. The summed E-state index contributed by atoms with van der Waals surface area (Å²) in [4.78, 5) is 49.9. The first-order valence-electron chi connectivity index (χ1n) is 9.20. The minimum Gasteiger partial charge on any atom is -0.497 e. The third kappa shape index (κ3) is 4.41. The topological polar surface area (TPSA) is 117 Å². The second-order valence-electron chi connectivity index (χ2n) is 6.44. The number of nitrogens with zero attached hydrogens (tertiary/aromatic N) is 1. The number of hydrogen-bond acceptors (Lipinski definition) is 5. The SMILES string of the molecule is CCCNC(=O)CNC(=O)CN1C(=O)N[C@](CC)(c2ccc(OC)cc2)C1=O. The molecule has 0 spiro atoms. The third-order valence-electron chi connectivity index (χ3n) is 4.61. The number of ether oxygens (including phenoxy) is 1. The van der Waals surface area contributed by atoms with Crippen molar-refractivity contribution in [2.24, 2.45) is 0 Å². The minimum absolute atomic E-state index is 0.208. The molecule has 1 aliphatic rings. The van der Waals surface area contributed by atoms with Crippen LogP contribution in [0.5, 0.6) is 5.75 Å². The molecule has 0 radical (unpaired) electrons. The predicted octanol–water partition coefficient (Wildman–Crippen LogP) is 0.495. The summed E-state index contributed by atoms with van der Waals surface area (Å²) < 4.78 is 5.12. The molecule has 0 saturated carbocycles. The highest BCUT2D eigenvalue weighted by molar-refractivity contribution is 6.09. The lowest BCUT2D eigenvalue weighted by Gasteiger charge is -2.26. The van der Waals surface area contributed by atoms with Crippen LogP contribution in [0.2, 0.25) is 0 Å². The van der Waals surface area contributed by atoms with Gasteiger partial charge in [0.2, 0.25) is 11.8 Å². The zero-order chi connectivity index (χ0) is 20.7. The van der Waals surface area contributed by atoms with Crippen LogP contribution in [-0.4, -0.2) is 55.4 Å². The van der Waals surface area contributed by atoms with Crippen molar-refractivity contribution >= 4 is 23.8 Å². The number of amides is 5. The van der Waals surface area contributed by atoms with Crippen molar-refractivity contribution in [2.45, 2.75) is 32.2 Å². The Morgan fingerprint density at radius 1 is 1.11 bits per heavy atom. The smallest absolute Gasteiger partial charge is 0.325 e. The van der Waals surface area contributed by atoms with Gasteiger partial charge in [-0.05, 0) is 30.5 Å². The lowest BCUT2D eigenvalue weighted by Crippen LogP contribution is -2.46. The summed E-state index contributed by atoms with van der Waals surface area (Å²) >= 11 is 0. The first-order valence-corrected chi connectivity index (χ1v) is 9.20. The van der Waals surface area contributed by atoms with Crippen molar-refractivity contribution in [3.05, 3.63) is 29.8 Å². The molecule has 1 atom stereocenters. The van der Waals surface area contributed by atoms with Gasteiger partial charge in [-0.1, -0.05) is 26.0 Å². The predicted molar refractivity (Wildman–Crippen MR) is 102 cm³/mol. The molecule has 28 heavy (non-hydrogen) atoms. The number of rotatable bonds is 9. The molecule has 9 nitrogen and oxygen atoms in total. The maximum absolute atomic E-state index is 13.0. The molecule has 1 aromatic carbocycles. The Kier molecular flexibility index (Phi) is 6.97. The van der Waals surface area contributed by atoms with E-state index in [9.17, 15) is 19.2 Å². The van der Waals surface area contributed by atoms with E-state index in [1.165, 1.54) is 7.11 Å². The van der Waals surface area contributed by atoms with Crippen LogP contribution in [0.25, 0.3) is 0 Å². The molecule has 2 rings (SSSR count). The van der Waals surface area contributed by atoms with E-state index in [1.54, 1.807) is 31.2 Å². The molecule has 5 amide bonds. The Morgan fingerprint density at radius 3 is 2.36 bits per heavy atom. The summed E-state index contributed by atoms with van der Waals surface area (Å²) in [5, 5.41) is 7.75. The van der Waals surface area contributed by atoms with E-state index >= 15 is 0 Å². The van der Waals surface area contributed by atoms with E-state index in [2.05, 4.69) is 16.0 Å². The van der Waals surface area contributed by atoms with Gasteiger partial charge in [0.25, 0.3) is 5.91 Å². The average molecular weight is 390 g/mol. The maximum atomic E-state index is 13.0. The standard InChI is InChI=1S/C19H26N4O5/c1-4-10-20-15(24)11-21-16(25)12-23-17(26)19(5-2,22-18(23)27)13-6-8-14(28-3)9-7-13/h6-9H,4-5,10-12H2,1-3H3,(H,20,24)(H,21,25)(H,22,27)/t19-/m1/s1. The molecule has 3 N–H and O–H groups in total. The van der Waals surface area contributed by atoms with E-state index in [0.29, 0.717) is 24.3 Å². The monoisotopic (exact) mass is 390 g/mol. The molecule has 0 bridgehead atoms. The summed E-state index contributed by atoms with van der Waals surface area (Å²) in [5.74, 6) is -0.787. The van der Waals surface area contributed by atoms with Crippen LogP contribution in [0.3, 0.4) is 0 Å². The normalized spacial score (nSPS) is 18.6. The van der Waals surface area contributed by atoms with Crippen molar-refractivity contribution in [2.75, 3.05) is 26.7 Å². The molecule has 1 saturated heterocycles. The molecule has 152 valence electrons. The van der Waals surface area contributed by atoms with Gasteiger partial charge in [0, 0.05) is 6.54 Å². The van der Waals surface area contributed by atoms with Crippen LogP contribution >= 0.6 is 0 Å². The number of urea groups is 1. The fraction of sp³-hybridized carbons (Fsp3) is 0.474. The number of methoxy groups -OCH3 is 1. The zero-order valence-electron chi connectivity index (χ0n) is 16.3. The van der Waals surface area contributed by atoms with Gasteiger partial charge in [0.1, 0.15) is 17.8 Å². The highest BCUT2D eigenvalue weighted by Gasteiger charge is 2.51. The van der Waals surface area contributed by atoms with Crippen LogP contribution in [-0.2, 0) is 19.9 Å². The van der Waals surface area contributed by atoms with Crippen LogP contribution < -0.4 is 20.7 Å². The second kappa shape index (κ2) is 9.20. The van der Waals surface area contributed by atoms with Gasteiger partial charge in [-0.2, -0.15) is 0 Å². The molecule has 0 aromatic heterocycles. The van der Waals surface area contributed by atoms with Gasteiger partial charge < -0.3 is 20.7 Å². The van der Waals surface area contributed by atoms with Gasteiger partial charge >= 0.3 is 6.03 Å². The minimum atomic E-state index is -1.23. The van der Waals surface area contributed by atoms with Crippen molar-refractivity contribution in [1.29, 1.82) is 0 Å². The highest BCUT2D eigenvalue weighted by Crippen LogP contribution is 2.33. The molecule has 0 unspecified atom stereocenters. The summed E-state index contributed by atoms with van der Waals surface area (Å²) in [5.41, 5.74) is -0.627. The number of imide groups is 1. The Morgan fingerprint density at radius 2 is 1.79 bits per heavy atom. The van der Waals surface area contributed by atoms with Crippen LogP contribution in [0.1, 0.15) is 32.3 Å². The van der Waals surface area contributed by atoms with Crippen molar-refractivity contribution in [3.8, 4) is 5.75 Å². The fourth-order valence-electron chi connectivity index (χ4n) is 2.99. The van der Waals surface area contributed by atoms with Crippen molar-refractivity contribution in [3.63, 3.8) is 0 Å². The van der Waals surface area contributed by atoms with E-state index in [0.717, 1.165) is 11.3 Å². The molecular weight excluding hydrogens is 364 g/mol. The van der Waals surface area contributed by atoms with E-state index < -0.39 is 29.9 Å². The quantitative estimate of drug-likeness (QED) is 0.531. The van der Waals surface area contributed by atoms with E-state index in [4.69, 9.17) is 4.74 Å². The van der Waals surface area contributed by atoms with Gasteiger partial charge in [-0.25, -0.2) is 4.79 Å². The number of carbonyl (C=O) groups excluding carboxylic acids is 4. The number of carbonyl (C=O) groups is 4. The lowest BCUT2D eigenvalue weighted by atomic mass is 9.87. The van der Waals surface area contributed by atoms with E-state index in [1.807, 2.05) is 6.92 Å². The summed E-state index contributed by atoms with van der Waals surface area (Å²) in [6, 6.07) is 6.19. The van der Waals surface area contributed by atoms with Gasteiger partial charge in [0.05, 0.1) is 13.7 Å². The summed E-state index contributed by atoms with van der Waals surface area (Å²) in [7, 11) is 1.54.